The molecule has 2 aromatic heterocycles. The van der Waals surface area contributed by atoms with E-state index in [9.17, 15) is 9.59 Å². The van der Waals surface area contributed by atoms with Crippen LogP contribution in [0, 0.1) is 19.8 Å². The van der Waals surface area contributed by atoms with E-state index in [0.717, 1.165) is 15.3 Å². The zero-order chi connectivity index (χ0) is 14.4. The maximum Gasteiger partial charge on any atom is 0.309 e. The summed E-state index contributed by atoms with van der Waals surface area (Å²) in [7, 11) is 0. The van der Waals surface area contributed by atoms with E-state index in [1.54, 1.807) is 0 Å². The molecule has 0 aromatic carbocycles. The van der Waals surface area contributed by atoms with E-state index in [1.165, 1.54) is 11.3 Å². The molecule has 0 atom stereocenters. The highest BCUT2D eigenvalue weighted by molar-refractivity contribution is 7.18. The minimum absolute atomic E-state index is 0.109. The van der Waals surface area contributed by atoms with Crippen LogP contribution in [0.4, 0.5) is 0 Å². The summed E-state index contributed by atoms with van der Waals surface area (Å²) in [4.78, 5) is 34.0. The molecule has 7 heteroatoms. The normalized spacial score (nSPS) is 16.5. The molecule has 106 valence electrons. The molecule has 0 saturated carbocycles. The first kappa shape index (κ1) is 13.3. The van der Waals surface area contributed by atoms with Gasteiger partial charge in [0.1, 0.15) is 10.7 Å². The van der Waals surface area contributed by atoms with Gasteiger partial charge in [0.2, 0.25) is 0 Å². The molecule has 6 nitrogen and oxygen atoms in total. The van der Waals surface area contributed by atoms with Gasteiger partial charge < -0.3 is 10.1 Å². The second kappa shape index (κ2) is 4.68. The standard InChI is InChI=1S/C13H15N3O3S/c1-6-7(2)20-12-10(6)11(17)14-9(15-12)5-16-3-8(4-16)13(18)19/h8H,3-5H2,1-2H3,(H,18,19)(H,14,15,17). The lowest BCUT2D eigenvalue weighted by Gasteiger charge is -2.35. The molecule has 0 aliphatic carbocycles. The Hall–Kier alpha value is -1.73. The predicted octanol–water partition coefficient (Wildman–Crippen LogP) is 1.12. The average molecular weight is 293 g/mol. The highest BCUT2D eigenvalue weighted by Gasteiger charge is 2.32. The number of carboxylic acids is 1. The van der Waals surface area contributed by atoms with Crippen LogP contribution in [-0.2, 0) is 11.3 Å². The number of hydrogen-bond acceptors (Lipinski definition) is 5. The van der Waals surface area contributed by atoms with Crippen molar-refractivity contribution in [2.24, 2.45) is 5.92 Å². The fraction of sp³-hybridized carbons (Fsp3) is 0.462. The van der Waals surface area contributed by atoms with Crippen LogP contribution in [0.3, 0.4) is 0 Å². The summed E-state index contributed by atoms with van der Waals surface area (Å²) in [6, 6.07) is 0. The first-order chi connectivity index (χ1) is 9.45. The maximum absolute atomic E-state index is 12.1. The summed E-state index contributed by atoms with van der Waals surface area (Å²) >= 11 is 1.52. The topological polar surface area (TPSA) is 86.3 Å². The van der Waals surface area contributed by atoms with Gasteiger partial charge in [-0.05, 0) is 19.4 Å². The van der Waals surface area contributed by atoms with Gasteiger partial charge >= 0.3 is 5.97 Å². The molecule has 0 unspecified atom stereocenters. The summed E-state index contributed by atoms with van der Waals surface area (Å²) in [6.45, 7) is 5.43. The van der Waals surface area contributed by atoms with E-state index in [4.69, 9.17) is 5.11 Å². The van der Waals surface area contributed by atoms with E-state index in [2.05, 4.69) is 9.97 Å². The van der Waals surface area contributed by atoms with Gasteiger partial charge in [0.05, 0.1) is 17.8 Å². The van der Waals surface area contributed by atoms with E-state index in [1.807, 2.05) is 18.7 Å². The number of carbonyl (C=O) groups is 1. The van der Waals surface area contributed by atoms with Crippen molar-refractivity contribution in [3.05, 3.63) is 26.6 Å². The highest BCUT2D eigenvalue weighted by Crippen LogP contribution is 2.26. The lowest BCUT2D eigenvalue weighted by Crippen LogP contribution is -2.49. The Morgan fingerprint density at radius 2 is 2.20 bits per heavy atom. The minimum Gasteiger partial charge on any atom is -0.481 e. The van der Waals surface area contributed by atoms with E-state index in [-0.39, 0.29) is 11.5 Å². The number of rotatable bonds is 3. The molecule has 0 spiro atoms. The second-order valence-corrected chi connectivity index (χ2v) is 6.41. The third kappa shape index (κ3) is 2.12. The molecule has 0 bridgehead atoms. The number of aromatic amines is 1. The Kier molecular flexibility index (Phi) is 3.10. The number of thiophene rings is 1. The number of hydrogen-bond donors (Lipinski definition) is 2. The monoisotopic (exact) mass is 293 g/mol. The van der Waals surface area contributed by atoms with Crippen LogP contribution in [0.5, 0.6) is 0 Å². The van der Waals surface area contributed by atoms with Gasteiger partial charge in [0.15, 0.2) is 0 Å². The van der Waals surface area contributed by atoms with Crippen LogP contribution in [0.15, 0.2) is 4.79 Å². The SMILES string of the molecule is Cc1sc2nc(CN3CC(C(=O)O)C3)[nH]c(=O)c2c1C. The number of nitrogens with one attached hydrogen (secondary N) is 1. The van der Waals surface area contributed by atoms with Gasteiger partial charge in [0.25, 0.3) is 5.56 Å². The Bertz CT molecular complexity index is 743. The minimum atomic E-state index is -0.761. The summed E-state index contributed by atoms with van der Waals surface area (Å²) in [5.74, 6) is -0.452. The lowest BCUT2D eigenvalue weighted by atomic mass is 10.0. The number of aliphatic carboxylic acids is 1. The Balaban J connectivity index is 1.84. The summed E-state index contributed by atoms with van der Waals surface area (Å²) in [5, 5.41) is 9.51. The van der Waals surface area contributed by atoms with Crippen molar-refractivity contribution in [2.75, 3.05) is 13.1 Å². The van der Waals surface area contributed by atoms with Crippen LogP contribution in [0.1, 0.15) is 16.3 Å². The summed E-state index contributed by atoms with van der Waals surface area (Å²) in [6.07, 6.45) is 0. The molecule has 1 saturated heterocycles. The van der Waals surface area contributed by atoms with Crippen LogP contribution < -0.4 is 5.56 Å². The summed E-state index contributed by atoms with van der Waals surface area (Å²) < 4.78 is 0. The number of carboxylic acid groups (broad SMARTS) is 1. The van der Waals surface area contributed by atoms with E-state index in [0.29, 0.717) is 30.8 Å². The Morgan fingerprint density at radius 3 is 2.85 bits per heavy atom. The Morgan fingerprint density at radius 1 is 1.50 bits per heavy atom. The molecule has 0 amide bonds. The molecule has 1 aliphatic heterocycles. The molecule has 1 fully saturated rings. The fourth-order valence-electron chi connectivity index (χ4n) is 2.44. The maximum atomic E-state index is 12.1. The van der Waals surface area contributed by atoms with Crippen LogP contribution in [0.2, 0.25) is 0 Å². The fourth-order valence-corrected chi connectivity index (χ4v) is 3.49. The zero-order valence-corrected chi connectivity index (χ0v) is 12.1. The number of aromatic nitrogens is 2. The second-order valence-electron chi connectivity index (χ2n) is 5.21. The molecule has 2 aromatic rings. The van der Waals surface area contributed by atoms with Gasteiger partial charge in [-0.15, -0.1) is 11.3 Å². The number of fused-ring (bicyclic) bond motifs is 1. The predicted molar refractivity (Wildman–Crippen MR) is 76.1 cm³/mol. The first-order valence-corrected chi connectivity index (χ1v) is 7.21. The zero-order valence-electron chi connectivity index (χ0n) is 11.3. The molecule has 1 aliphatic rings. The number of aryl methyl sites for hydroxylation is 2. The summed E-state index contributed by atoms with van der Waals surface area (Å²) in [5.41, 5.74) is 0.877. The number of nitrogens with zero attached hydrogens (tertiary/aromatic N) is 2. The van der Waals surface area contributed by atoms with E-state index >= 15 is 0 Å². The van der Waals surface area contributed by atoms with Crippen molar-refractivity contribution in [1.82, 2.24) is 14.9 Å². The molecular formula is C13H15N3O3S. The van der Waals surface area contributed by atoms with Crippen molar-refractivity contribution >= 4 is 27.5 Å². The van der Waals surface area contributed by atoms with Crippen molar-refractivity contribution in [2.45, 2.75) is 20.4 Å². The number of H-pyrrole nitrogens is 1. The van der Waals surface area contributed by atoms with Crippen molar-refractivity contribution in [3.63, 3.8) is 0 Å². The molecular weight excluding hydrogens is 278 g/mol. The molecule has 0 radical (unpaired) electrons. The third-order valence-electron chi connectivity index (χ3n) is 3.77. The highest BCUT2D eigenvalue weighted by atomic mass is 32.1. The quantitative estimate of drug-likeness (QED) is 0.885. The van der Waals surface area contributed by atoms with Crippen molar-refractivity contribution in [1.29, 1.82) is 0 Å². The van der Waals surface area contributed by atoms with E-state index < -0.39 is 5.97 Å². The van der Waals surface area contributed by atoms with Gasteiger partial charge in [-0.2, -0.15) is 0 Å². The third-order valence-corrected chi connectivity index (χ3v) is 4.87. The Labute approximate surface area is 119 Å². The molecule has 3 rings (SSSR count). The molecule has 20 heavy (non-hydrogen) atoms. The first-order valence-electron chi connectivity index (χ1n) is 6.39. The number of likely N-dealkylation sites (tertiary alicyclic amines) is 1. The van der Waals surface area contributed by atoms with Gasteiger partial charge in [0, 0.05) is 18.0 Å². The molecule has 2 N–H and O–H groups in total. The van der Waals surface area contributed by atoms with Gasteiger partial charge in [-0.25, -0.2) is 4.98 Å². The van der Waals surface area contributed by atoms with Crippen LogP contribution >= 0.6 is 11.3 Å². The average Bonchev–Trinajstić information content (AvgIpc) is 2.59. The van der Waals surface area contributed by atoms with Crippen molar-refractivity contribution < 1.29 is 9.90 Å². The van der Waals surface area contributed by atoms with Gasteiger partial charge in [-0.1, -0.05) is 0 Å². The van der Waals surface area contributed by atoms with Crippen LogP contribution in [-0.4, -0.2) is 39.0 Å². The van der Waals surface area contributed by atoms with Crippen LogP contribution in [0.25, 0.3) is 10.2 Å². The lowest BCUT2D eigenvalue weighted by molar-refractivity contribution is -0.147. The smallest absolute Gasteiger partial charge is 0.309 e. The molecule has 3 heterocycles. The van der Waals surface area contributed by atoms with Gasteiger partial charge in [-0.3, -0.25) is 14.5 Å². The van der Waals surface area contributed by atoms with Crippen molar-refractivity contribution in [3.8, 4) is 0 Å². The largest absolute Gasteiger partial charge is 0.481 e.